The van der Waals surface area contributed by atoms with Gasteiger partial charge >= 0.3 is 0 Å². The van der Waals surface area contributed by atoms with E-state index in [2.05, 4.69) is 33.2 Å². The van der Waals surface area contributed by atoms with E-state index in [-0.39, 0.29) is 11.4 Å². The maximum Gasteiger partial charge on any atom is 0.238 e. The van der Waals surface area contributed by atoms with Crippen LogP contribution in [0.25, 0.3) is 0 Å². The highest BCUT2D eigenvalue weighted by Crippen LogP contribution is 2.10. The summed E-state index contributed by atoms with van der Waals surface area (Å²) in [6.45, 7) is 6.43. The Morgan fingerprint density at radius 1 is 1.25 bits per heavy atom. The molecule has 0 fully saturated rings. The van der Waals surface area contributed by atoms with Crippen LogP contribution >= 0.6 is 22.6 Å². The molecule has 1 aromatic rings. The van der Waals surface area contributed by atoms with Gasteiger partial charge in [0.05, 0.1) is 6.54 Å². The Hall–Kier alpha value is -0.620. The molecule has 0 unspecified atom stereocenters. The SMILES string of the molecule is CC(C)(C)NCC(=O)Nc1ccc(I)cc1. The van der Waals surface area contributed by atoms with Crippen LogP contribution in [0.5, 0.6) is 0 Å². The van der Waals surface area contributed by atoms with Gasteiger partial charge in [0, 0.05) is 14.8 Å². The van der Waals surface area contributed by atoms with E-state index in [1.807, 2.05) is 45.0 Å². The normalized spacial score (nSPS) is 11.2. The van der Waals surface area contributed by atoms with Gasteiger partial charge in [-0.1, -0.05) is 0 Å². The lowest BCUT2D eigenvalue weighted by molar-refractivity contribution is -0.115. The fraction of sp³-hybridized carbons (Fsp3) is 0.417. The van der Waals surface area contributed by atoms with E-state index in [1.54, 1.807) is 0 Å². The Labute approximate surface area is 110 Å². The van der Waals surface area contributed by atoms with Crippen LogP contribution < -0.4 is 10.6 Å². The number of hydrogen-bond acceptors (Lipinski definition) is 2. The van der Waals surface area contributed by atoms with Crippen molar-refractivity contribution in [1.82, 2.24) is 5.32 Å². The van der Waals surface area contributed by atoms with Crippen LogP contribution in [0, 0.1) is 3.57 Å². The van der Waals surface area contributed by atoms with Crippen molar-refractivity contribution in [1.29, 1.82) is 0 Å². The number of carbonyl (C=O) groups is 1. The van der Waals surface area contributed by atoms with E-state index < -0.39 is 0 Å². The first-order chi connectivity index (χ1) is 7.37. The van der Waals surface area contributed by atoms with Crippen molar-refractivity contribution >= 4 is 34.2 Å². The first kappa shape index (κ1) is 13.4. The van der Waals surface area contributed by atoms with Crippen molar-refractivity contribution in [2.24, 2.45) is 0 Å². The summed E-state index contributed by atoms with van der Waals surface area (Å²) in [7, 11) is 0. The summed E-state index contributed by atoms with van der Waals surface area (Å²) >= 11 is 2.23. The third-order valence-electron chi connectivity index (χ3n) is 1.91. The van der Waals surface area contributed by atoms with Gasteiger partial charge in [0.15, 0.2) is 0 Å². The Morgan fingerprint density at radius 2 is 1.81 bits per heavy atom. The van der Waals surface area contributed by atoms with Crippen molar-refractivity contribution < 1.29 is 4.79 Å². The van der Waals surface area contributed by atoms with Crippen LogP contribution in [0.1, 0.15) is 20.8 Å². The van der Waals surface area contributed by atoms with Gasteiger partial charge in [-0.3, -0.25) is 4.79 Å². The molecule has 0 radical (unpaired) electrons. The quantitative estimate of drug-likeness (QED) is 0.836. The van der Waals surface area contributed by atoms with Gasteiger partial charge in [-0.25, -0.2) is 0 Å². The maximum atomic E-state index is 11.6. The summed E-state index contributed by atoms with van der Waals surface area (Å²) in [5, 5.41) is 5.98. The second-order valence-electron chi connectivity index (χ2n) is 4.66. The molecular weight excluding hydrogens is 315 g/mol. The van der Waals surface area contributed by atoms with Gasteiger partial charge in [-0.15, -0.1) is 0 Å². The Morgan fingerprint density at radius 3 is 2.31 bits per heavy atom. The van der Waals surface area contributed by atoms with Crippen molar-refractivity contribution in [2.75, 3.05) is 11.9 Å². The van der Waals surface area contributed by atoms with Crippen LogP contribution in [-0.4, -0.2) is 18.0 Å². The second-order valence-corrected chi connectivity index (χ2v) is 5.90. The molecule has 3 nitrogen and oxygen atoms in total. The molecule has 0 aliphatic heterocycles. The summed E-state index contributed by atoms with van der Waals surface area (Å²) < 4.78 is 1.16. The molecule has 0 aliphatic carbocycles. The molecular formula is C12H17IN2O. The number of rotatable bonds is 3. The average Bonchev–Trinajstić information content (AvgIpc) is 2.18. The largest absolute Gasteiger partial charge is 0.325 e. The molecule has 1 amide bonds. The minimum atomic E-state index is -0.0383. The first-order valence-electron chi connectivity index (χ1n) is 5.17. The number of nitrogens with one attached hydrogen (secondary N) is 2. The van der Waals surface area contributed by atoms with Crippen LogP contribution in [0.15, 0.2) is 24.3 Å². The summed E-state index contributed by atoms with van der Waals surface area (Å²) in [5.74, 6) is -0.0175. The first-order valence-corrected chi connectivity index (χ1v) is 6.25. The minimum Gasteiger partial charge on any atom is -0.325 e. The summed E-state index contributed by atoms with van der Waals surface area (Å²) in [4.78, 5) is 11.6. The highest BCUT2D eigenvalue weighted by molar-refractivity contribution is 14.1. The average molecular weight is 332 g/mol. The third-order valence-corrected chi connectivity index (χ3v) is 2.63. The number of halogens is 1. The molecule has 0 atom stereocenters. The zero-order valence-corrected chi connectivity index (χ0v) is 12.0. The molecule has 4 heteroatoms. The summed E-state index contributed by atoms with van der Waals surface area (Å²) in [6.07, 6.45) is 0. The van der Waals surface area contributed by atoms with Crippen molar-refractivity contribution in [3.05, 3.63) is 27.8 Å². The lowest BCUT2D eigenvalue weighted by Crippen LogP contribution is -2.41. The number of benzene rings is 1. The highest BCUT2D eigenvalue weighted by Gasteiger charge is 2.11. The van der Waals surface area contributed by atoms with Gasteiger partial charge in [0.1, 0.15) is 0 Å². The Kier molecular flexibility index (Phi) is 4.73. The summed E-state index contributed by atoms with van der Waals surface area (Å²) in [6, 6.07) is 7.73. The van der Waals surface area contributed by atoms with E-state index in [9.17, 15) is 4.79 Å². The van der Waals surface area contributed by atoms with Gasteiger partial charge in [0.2, 0.25) is 5.91 Å². The number of amides is 1. The monoisotopic (exact) mass is 332 g/mol. The van der Waals surface area contributed by atoms with E-state index in [4.69, 9.17) is 0 Å². The molecule has 88 valence electrons. The molecule has 1 aromatic carbocycles. The fourth-order valence-electron chi connectivity index (χ4n) is 1.08. The topological polar surface area (TPSA) is 41.1 Å². The molecule has 0 aliphatic rings. The van der Waals surface area contributed by atoms with E-state index >= 15 is 0 Å². The molecule has 0 bridgehead atoms. The lowest BCUT2D eigenvalue weighted by atomic mass is 10.1. The standard InChI is InChI=1S/C12H17IN2O/c1-12(2,3)14-8-11(16)15-10-6-4-9(13)5-7-10/h4-7,14H,8H2,1-3H3,(H,15,16). The van der Waals surface area contributed by atoms with Crippen LogP contribution in [-0.2, 0) is 4.79 Å². The van der Waals surface area contributed by atoms with Gasteiger partial charge in [0.25, 0.3) is 0 Å². The molecule has 0 heterocycles. The molecule has 2 N–H and O–H groups in total. The number of anilines is 1. The molecule has 0 spiro atoms. The third kappa shape index (κ3) is 5.46. The number of carbonyl (C=O) groups excluding carboxylic acids is 1. The zero-order valence-electron chi connectivity index (χ0n) is 9.80. The second kappa shape index (κ2) is 5.63. The van der Waals surface area contributed by atoms with Gasteiger partial charge < -0.3 is 10.6 Å². The van der Waals surface area contributed by atoms with Crippen molar-refractivity contribution in [2.45, 2.75) is 26.3 Å². The lowest BCUT2D eigenvalue weighted by Gasteiger charge is -2.20. The van der Waals surface area contributed by atoms with Crippen molar-refractivity contribution in [3.63, 3.8) is 0 Å². The molecule has 0 aromatic heterocycles. The van der Waals surface area contributed by atoms with Gasteiger partial charge in [-0.05, 0) is 67.6 Å². The predicted molar refractivity (Wildman–Crippen MR) is 75.5 cm³/mol. The zero-order chi connectivity index (χ0) is 12.2. The van der Waals surface area contributed by atoms with Crippen molar-refractivity contribution in [3.8, 4) is 0 Å². The molecule has 16 heavy (non-hydrogen) atoms. The predicted octanol–water partition coefficient (Wildman–Crippen LogP) is 2.62. The number of hydrogen-bond donors (Lipinski definition) is 2. The molecule has 0 saturated carbocycles. The molecule has 0 saturated heterocycles. The minimum absolute atomic E-state index is 0.0175. The Balaban J connectivity index is 2.43. The fourth-order valence-corrected chi connectivity index (χ4v) is 1.44. The van der Waals surface area contributed by atoms with E-state index in [1.165, 1.54) is 0 Å². The van der Waals surface area contributed by atoms with Crippen LogP contribution in [0.3, 0.4) is 0 Å². The Bertz CT molecular complexity index is 354. The maximum absolute atomic E-state index is 11.6. The van der Waals surface area contributed by atoms with E-state index in [0.29, 0.717) is 6.54 Å². The van der Waals surface area contributed by atoms with E-state index in [0.717, 1.165) is 9.26 Å². The van der Waals surface area contributed by atoms with Crippen LogP contribution in [0.4, 0.5) is 5.69 Å². The molecule has 1 rings (SSSR count). The van der Waals surface area contributed by atoms with Gasteiger partial charge in [-0.2, -0.15) is 0 Å². The summed E-state index contributed by atoms with van der Waals surface area (Å²) in [5.41, 5.74) is 0.796. The highest BCUT2D eigenvalue weighted by atomic mass is 127. The van der Waals surface area contributed by atoms with Crippen LogP contribution in [0.2, 0.25) is 0 Å². The smallest absolute Gasteiger partial charge is 0.238 e.